The van der Waals surface area contributed by atoms with Crippen molar-refractivity contribution < 1.29 is 9.59 Å². The van der Waals surface area contributed by atoms with Gasteiger partial charge in [-0.2, -0.15) is 0 Å². The number of nitrogens with one attached hydrogen (secondary N) is 2. The van der Waals surface area contributed by atoms with Crippen LogP contribution in [-0.4, -0.2) is 49.9 Å². The van der Waals surface area contributed by atoms with Gasteiger partial charge in [-0.05, 0) is 26.3 Å². The molecule has 0 aromatic heterocycles. The van der Waals surface area contributed by atoms with Crippen LogP contribution < -0.4 is 10.6 Å². The second-order valence-corrected chi connectivity index (χ2v) is 4.07. The molecule has 5 heteroatoms. The highest BCUT2D eigenvalue weighted by Crippen LogP contribution is 2.13. The minimum Gasteiger partial charge on any atom is -0.358 e. The summed E-state index contributed by atoms with van der Waals surface area (Å²) in [7, 11) is 1.59. The molecule has 1 fully saturated rings. The summed E-state index contributed by atoms with van der Waals surface area (Å²) in [4.78, 5) is 25.0. The topological polar surface area (TPSA) is 61.4 Å². The monoisotopic (exact) mass is 227 g/mol. The van der Waals surface area contributed by atoms with Gasteiger partial charge in [0.2, 0.25) is 11.8 Å². The number of nitrogens with zero attached hydrogens (tertiary/aromatic N) is 1. The van der Waals surface area contributed by atoms with Gasteiger partial charge in [0.25, 0.3) is 0 Å². The fourth-order valence-corrected chi connectivity index (χ4v) is 1.92. The maximum Gasteiger partial charge on any atom is 0.239 e. The van der Waals surface area contributed by atoms with E-state index in [4.69, 9.17) is 0 Å². The molecule has 1 saturated heterocycles. The molecule has 16 heavy (non-hydrogen) atoms. The standard InChI is InChI=1S/C11H21N3O2/c1-3-14(8-10(15)12-2)11(16)9-5-4-6-13-7-9/h9,13H,3-8H2,1-2H3,(H,12,15)/t9-/m1/s1. The summed E-state index contributed by atoms with van der Waals surface area (Å²) >= 11 is 0. The minimum absolute atomic E-state index is 0.0401. The second kappa shape index (κ2) is 6.48. The Balaban J connectivity index is 2.50. The average Bonchev–Trinajstić information content (AvgIpc) is 2.35. The van der Waals surface area contributed by atoms with Gasteiger partial charge in [0.05, 0.1) is 12.5 Å². The van der Waals surface area contributed by atoms with Gasteiger partial charge in [-0.1, -0.05) is 0 Å². The Hall–Kier alpha value is -1.10. The van der Waals surface area contributed by atoms with Crippen molar-refractivity contribution in [1.82, 2.24) is 15.5 Å². The first-order chi connectivity index (χ1) is 7.69. The van der Waals surface area contributed by atoms with E-state index in [9.17, 15) is 9.59 Å². The van der Waals surface area contributed by atoms with Crippen LogP contribution in [0.3, 0.4) is 0 Å². The van der Waals surface area contributed by atoms with Crippen LogP contribution in [0.2, 0.25) is 0 Å². The lowest BCUT2D eigenvalue weighted by Gasteiger charge is -2.28. The molecule has 0 unspecified atom stereocenters. The van der Waals surface area contributed by atoms with Gasteiger partial charge in [-0.3, -0.25) is 9.59 Å². The SMILES string of the molecule is CCN(CC(=O)NC)C(=O)[C@@H]1CCCNC1. The minimum atomic E-state index is -0.112. The first kappa shape index (κ1) is 13.0. The highest BCUT2D eigenvalue weighted by Gasteiger charge is 2.25. The molecule has 0 aromatic carbocycles. The van der Waals surface area contributed by atoms with E-state index in [1.165, 1.54) is 0 Å². The Morgan fingerprint density at radius 3 is 2.75 bits per heavy atom. The quantitative estimate of drug-likeness (QED) is 0.686. The summed E-state index contributed by atoms with van der Waals surface area (Å²) in [5, 5.41) is 5.75. The largest absolute Gasteiger partial charge is 0.358 e. The van der Waals surface area contributed by atoms with Gasteiger partial charge in [0.15, 0.2) is 0 Å². The molecular weight excluding hydrogens is 206 g/mol. The third-order valence-corrected chi connectivity index (χ3v) is 2.95. The van der Waals surface area contributed by atoms with Crippen molar-refractivity contribution in [1.29, 1.82) is 0 Å². The fourth-order valence-electron chi connectivity index (χ4n) is 1.92. The maximum absolute atomic E-state index is 12.1. The van der Waals surface area contributed by atoms with E-state index in [-0.39, 0.29) is 24.3 Å². The third-order valence-electron chi connectivity index (χ3n) is 2.95. The van der Waals surface area contributed by atoms with Crippen molar-refractivity contribution in [3.05, 3.63) is 0 Å². The molecule has 5 nitrogen and oxygen atoms in total. The molecule has 2 N–H and O–H groups in total. The van der Waals surface area contributed by atoms with E-state index < -0.39 is 0 Å². The zero-order valence-electron chi connectivity index (χ0n) is 10.1. The highest BCUT2D eigenvalue weighted by atomic mass is 16.2. The summed E-state index contributed by atoms with van der Waals surface area (Å²) in [6, 6.07) is 0. The molecule has 0 saturated carbocycles. The van der Waals surface area contributed by atoms with Crippen LogP contribution in [0, 0.1) is 5.92 Å². The molecule has 0 radical (unpaired) electrons. The van der Waals surface area contributed by atoms with Crippen molar-refractivity contribution in [2.75, 3.05) is 33.2 Å². The zero-order valence-corrected chi connectivity index (χ0v) is 10.1. The van der Waals surface area contributed by atoms with Crippen LogP contribution in [0.1, 0.15) is 19.8 Å². The number of hydrogen-bond acceptors (Lipinski definition) is 3. The van der Waals surface area contributed by atoms with Gasteiger partial charge in [-0.15, -0.1) is 0 Å². The molecule has 1 atom stereocenters. The number of rotatable bonds is 4. The van der Waals surface area contributed by atoms with Crippen LogP contribution in [0.15, 0.2) is 0 Å². The van der Waals surface area contributed by atoms with Gasteiger partial charge in [0, 0.05) is 20.1 Å². The van der Waals surface area contributed by atoms with Crippen LogP contribution in [0.4, 0.5) is 0 Å². The van der Waals surface area contributed by atoms with Gasteiger partial charge in [-0.25, -0.2) is 0 Å². The molecular formula is C11H21N3O2. The van der Waals surface area contributed by atoms with E-state index in [0.29, 0.717) is 6.54 Å². The number of amides is 2. The predicted octanol–water partition coefficient (Wildman–Crippen LogP) is -0.419. The predicted molar refractivity (Wildman–Crippen MR) is 61.9 cm³/mol. The third kappa shape index (κ3) is 3.48. The van der Waals surface area contributed by atoms with E-state index in [1.54, 1.807) is 11.9 Å². The van der Waals surface area contributed by atoms with Gasteiger partial charge in [0.1, 0.15) is 0 Å². The first-order valence-corrected chi connectivity index (χ1v) is 5.89. The van der Waals surface area contributed by atoms with E-state index in [0.717, 1.165) is 25.9 Å². The Bertz CT molecular complexity index is 250. The Kier molecular flexibility index (Phi) is 5.25. The molecule has 0 bridgehead atoms. The van der Waals surface area contributed by atoms with Crippen molar-refractivity contribution >= 4 is 11.8 Å². The highest BCUT2D eigenvalue weighted by molar-refractivity contribution is 5.85. The lowest BCUT2D eigenvalue weighted by Crippen LogP contribution is -2.46. The van der Waals surface area contributed by atoms with Crippen molar-refractivity contribution in [2.24, 2.45) is 5.92 Å². The molecule has 1 heterocycles. The number of piperidine rings is 1. The van der Waals surface area contributed by atoms with Crippen molar-refractivity contribution in [3.63, 3.8) is 0 Å². The van der Waals surface area contributed by atoms with Crippen LogP contribution in [0.25, 0.3) is 0 Å². The lowest BCUT2D eigenvalue weighted by molar-refractivity contribution is -0.139. The molecule has 2 amide bonds. The summed E-state index contributed by atoms with van der Waals surface area (Å²) in [5.74, 6) is 0.0237. The number of likely N-dealkylation sites (N-methyl/N-ethyl adjacent to an activating group) is 2. The molecule has 0 aromatic rings. The molecule has 1 aliphatic heterocycles. The van der Waals surface area contributed by atoms with Gasteiger partial charge >= 0.3 is 0 Å². The smallest absolute Gasteiger partial charge is 0.239 e. The van der Waals surface area contributed by atoms with E-state index >= 15 is 0 Å². The van der Waals surface area contributed by atoms with Gasteiger partial charge < -0.3 is 15.5 Å². The normalized spacial score (nSPS) is 20.2. The molecule has 0 spiro atoms. The van der Waals surface area contributed by atoms with E-state index in [1.807, 2.05) is 6.92 Å². The Morgan fingerprint density at radius 1 is 1.50 bits per heavy atom. The Morgan fingerprint density at radius 2 is 2.25 bits per heavy atom. The first-order valence-electron chi connectivity index (χ1n) is 5.89. The number of carbonyl (C=O) groups is 2. The molecule has 1 aliphatic rings. The van der Waals surface area contributed by atoms with Crippen molar-refractivity contribution in [2.45, 2.75) is 19.8 Å². The second-order valence-electron chi connectivity index (χ2n) is 4.07. The fraction of sp³-hybridized carbons (Fsp3) is 0.818. The summed E-state index contributed by atoms with van der Waals surface area (Å²) < 4.78 is 0. The zero-order chi connectivity index (χ0) is 12.0. The molecule has 92 valence electrons. The van der Waals surface area contributed by atoms with Crippen molar-refractivity contribution in [3.8, 4) is 0 Å². The van der Waals surface area contributed by atoms with E-state index in [2.05, 4.69) is 10.6 Å². The Labute approximate surface area is 96.6 Å². The maximum atomic E-state index is 12.1. The summed E-state index contributed by atoms with van der Waals surface area (Å²) in [6.45, 7) is 4.39. The number of carbonyl (C=O) groups excluding carboxylic acids is 2. The number of hydrogen-bond donors (Lipinski definition) is 2. The van der Waals surface area contributed by atoms with Crippen LogP contribution in [-0.2, 0) is 9.59 Å². The summed E-state index contributed by atoms with van der Waals surface area (Å²) in [6.07, 6.45) is 1.96. The van der Waals surface area contributed by atoms with Crippen LogP contribution in [0.5, 0.6) is 0 Å². The molecule has 0 aliphatic carbocycles. The average molecular weight is 227 g/mol. The lowest BCUT2D eigenvalue weighted by atomic mass is 9.98. The molecule has 1 rings (SSSR count). The van der Waals surface area contributed by atoms with Crippen LogP contribution >= 0.6 is 0 Å². The summed E-state index contributed by atoms with van der Waals surface area (Å²) in [5.41, 5.74) is 0.